The molecule has 0 aliphatic carbocycles. The van der Waals surface area contributed by atoms with Crippen molar-refractivity contribution in [2.75, 3.05) is 6.26 Å². The molecule has 0 saturated heterocycles. The van der Waals surface area contributed by atoms with Gasteiger partial charge in [0.2, 0.25) is 5.78 Å². The highest BCUT2D eigenvalue weighted by Gasteiger charge is 2.23. The first-order valence-electron chi connectivity index (χ1n) is 4.64. The van der Waals surface area contributed by atoms with Crippen LogP contribution in [-0.2, 0) is 19.4 Å². The molecule has 5 heteroatoms. The van der Waals surface area contributed by atoms with E-state index in [2.05, 4.69) is 0 Å². The molecule has 0 amide bonds. The number of sulfone groups is 1. The number of benzene rings is 1. The predicted molar refractivity (Wildman–Crippen MR) is 57.5 cm³/mol. The number of hydrogen-bond donors (Lipinski definition) is 0. The maximum absolute atomic E-state index is 11.3. The zero-order valence-electron chi connectivity index (χ0n) is 8.58. The molecule has 1 heterocycles. The molecule has 1 aromatic carbocycles. The van der Waals surface area contributed by atoms with E-state index in [-0.39, 0.29) is 10.7 Å². The van der Waals surface area contributed by atoms with Crippen molar-refractivity contribution in [2.24, 2.45) is 0 Å². The van der Waals surface area contributed by atoms with Crippen LogP contribution in [0.2, 0.25) is 0 Å². The van der Waals surface area contributed by atoms with Gasteiger partial charge in [0.15, 0.2) is 15.9 Å². The fraction of sp³-hybridized carbons (Fsp3) is 0.182. The van der Waals surface area contributed by atoms with Gasteiger partial charge in [-0.15, -0.1) is 0 Å². The highest BCUT2D eigenvalue weighted by atomic mass is 32.2. The molecular weight excluding hydrogens is 228 g/mol. The zero-order valence-corrected chi connectivity index (χ0v) is 9.40. The normalized spacial score (nSPS) is 19.8. The van der Waals surface area contributed by atoms with Crippen LogP contribution in [0.5, 0.6) is 0 Å². The summed E-state index contributed by atoms with van der Waals surface area (Å²) in [7, 11) is -3.20. The zero-order chi connectivity index (χ0) is 11.8. The Kier molecular flexibility index (Phi) is 2.55. The second-order valence-electron chi connectivity index (χ2n) is 3.56. The second kappa shape index (κ2) is 3.75. The van der Waals surface area contributed by atoms with Gasteiger partial charge in [0.05, 0.1) is 11.2 Å². The second-order valence-corrected chi connectivity index (χ2v) is 5.58. The van der Waals surface area contributed by atoms with Gasteiger partial charge >= 0.3 is 0 Å². The van der Waals surface area contributed by atoms with Crippen LogP contribution in [0.1, 0.15) is 11.7 Å². The lowest BCUT2D eigenvalue weighted by Crippen LogP contribution is -2.06. The van der Waals surface area contributed by atoms with Crippen molar-refractivity contribution in [2.45, 2.75) is 11.0 Å². The number of carbonyl (C=O) groups excluding carboxylic acids is 1. The maximum Gasteiger partial charge on any atom is 0.203 e. The molecule has 0 bridgehead atoms. The van der Waals surface area contributed by atoms with Crippen molar-refractivity contribution in [1.82, 2.24) is 0 Å². The van der Waals surface area contributed by atoms with Gasteiger partial charge in [-0.2, -0.15) is 0 Å². The van der Waals surface area contributed by atoms with E-state index in [4.69, 9.17) is 4.74 Å². The van der Waals surface area contributed by atoms with E-state index in [9.17, 15) is 13.2 Å². The Morgan fingerprint density at radius 2 is 1.81 bits per heavy atom. The number of ether oxygens (including phenoxy) is 1. The molecule has 1 unspecified atom stereocenters. The molecular formula is C11H10O4S. The number of rotatable bonds is 2. The van der Waals surface area contributed by atoms with Gasteiger partial charge in [0.1, 0.15) is 0 Å². The maximum atomic E-state index is 11.3. The topological polar surface area (TPSA) is 60.4 Å². The largest absolute Gasteiger partial charge is 0.485 e. The molecule has 84 valence electrons. The van der Waals surface area contributed by atoms with E-state index < -0.39 is 15.9 Å². The number of hydrogen-bond acceptors (Lipinski definition) is 4. The molecule has 2 rings (SSSR count). The minimum atomic E-state index is -3.20. The Hall–Kier alpha value is -1.62. The van der Waals surface area contributed by atoms with Gasteiger partial charge in [-0.1, -0.05) is 12.1 Å². The highest BCUT2D eigenvalue weighted by Crippen LogP contribution is 2.24. The van der Waals surface area contributed by atoms with Crippen molar-refractivity contribution < 1.29 is 17.9 Å². The summed E-state index contributed by atoms with van der Waals surface area (Å²) in [5.41, 5.74) is 0.655. The van der Waals surface area contributed by atoms with Gasteiger partial charge in [0, 0.05) is 17.9 Å². The van der Waals surface area contributed by atoms with Crippen molar-refractivity contribution in [3.63, 3.8) is 0 Å². The first-order chi connectivity index (χ1) is 7.48. The van der Waals surface area contributed by atoms with Crippen LogP contribution in [0.15, 0.2) is 41.5 Å². The van der Waals surface area contributed by atoms with Gasteiger partial charge < -0.3 is 4.74 Å². The Labute approximate surface area is 93.5 Å². The van der Waals surface area contributed by atoms with Gasteiger partial charge in [-0.3, -0.25) is 4.79 Å². The van der Waals surface area contributed by atoms with E-state index in [0.29, 0.717) is 5.56 Å². The molecule has 4 nitrogen and oxygen atoms in total. The summed E-state index contributed by atoms with van der Waals surface area (Å²) >= 11 is 0. The first-order valence-corrected chi connectivity index (χ1v) is 6.53. The molecule has 1 aromatic rings. The van der Waals surface area contributed by atoms with E-state index in [1.165, 1.54) is 24.5 Å². The van der Waals surface area contributed by atoms with Gasteiger partial charge in [0.25, 0.3) is 0 Å². The van der Waals surface area contributed by atoms with Gasteiger partial charge in [-0.25, -0.2) is 8.42 Å². The quantitative estimate of drug-likeness (QED) is 0.777. The fourth-order valence-corrected chi connectivity index (χ4v) is 2.10. The summed E-state index contributed by atoms with van der Waals surface area (Å²) in [4.78, 5) is 11.6. The summed E-state index contributed by atoms with van der Waals surface area (Å²) in [6, 6.07) is 6.12. The molecule has 16 heavy (non-hydrogen) atoms. The van der Waals surface area contributed by atoms with E-state index >= 15 is 0 Å². The molecule has 1 atom stereocenters. The molecule has 0 fully saturated rings. The lowest BCUT2D eigenvalue weighted by molar-refractivity contribution is -0.120. The SMILES string of the molecule is CS(=O)(=O)c1ccc(C2OC=CC2=O)cc1. The lowest BCUT2D eigenvalue weighted by atomic mass is 10.1. The number of ketones is 1. The van der Waals surface area contributed by atoms with Gasteiger partial charge in [-0.05, 0) is 12.1 Å². The minimum absolute atomic E-state index is 0.132. The van der Waals surface area contributed by atoms with Crippen LogP contribution in [0.3, 0.4) is 0 Å². The van der Waals surface area contributed by atoms with E-state index in [0.717, 1.165) is 6.26 Å². The Balaban J connectivity index is 2.30. The van der Waals surface area contributed by atoms with Crippen molar-refractivity contribution in [3.05, 3.63) is 42.2 Å². The summed E-state index contributed by atoms with van der Waals surface area (Å²) < 4.78 is 27.5. The van der Waals surface area contributed by atoms with Crippen LogP contribution in [0.25, 0.3) is 0 Å². The summed E-state index contributed by atoms with van der Waals surface area (Å²) in [5, 5.41) is 0. The first kappa shape index (κ1) is 10.9. The molecule has 0 aromatic heterocycles. The molecule has 1 aliphatic heterocycles. The highest BCUT2D eigenvalue weighted by molar-refractivity contribution is 7.90. The predicted octanol–water partition coefficient (Wildman–Crippen LogP) is 1.24. The van der Waals surface area contributed by atoms with Crippen molar-refractivity contribution >= 4 is 15.6 Å². The Bertz CT molecular complexity index is 540. The minimum Gasteiger partial charge on any atom is -0.485 e. The average molecular weight is 238 g/mol. The third kappa shape index (κ3) is 1.99. The van der Waals surface area contributed by atoms with Crippen molar-refractivity contribution in [3.8, 4) is 0 Å². The number of carbonyl (C=O) groups is 1. The molecule has 0 spiro atoms. The van der Waals surface area contributed by atoms with Crippen molar-refractivity contribution in [1.29, 1.82) is 0 Å². The fourth-order valence-electron chi connectivity index (χ4n) is 1.47. The summed E-state index contributed by atoms with van der Waals surface area (Å²) in [5.74, 6) is -0.132. The average Bonchev–Trinajstić information content (AvgIpc) is 2.63. The molecule has 0 radical (unpaired) electrons. The standard InChI is InChI=1S/C11H10O4S/c1-16(13,14)9-4-2-8(3-5-9)11-10(12)6-7-15-11/h2-7,11H,1H3. The smallest absolute Gasteiger partial charge is 0.203 e. The third-order valence-electron chi connectivity index (χ3n) is 2.32. The molecule has 1 aliphatic rings. The lowest BCUT2D eigenvalue weighted by Gasteiger charge is -2.09. The van der Waals surface area contributed by atoms with Crippen LogP contribution >= 0.6 is 0 Å². The van der Waals surface area contributed by atoms with Crippen LogP contribution in [-0.4, -0.2) is 20.5 Å². The van der Waals surface area contributed by atoms with E-state index in [1.54, 1.807) is 12.1 Å². The third-order valence-corrected chi connectivity index (χ3v) is 3.44. The van der Waals surface area contributed by atoms with Crippen LogP contribution < -0.4 is 0 Å². The van der Waals surface area contributed by atoms with Crippen LogP contribution in [0, 0.1) is 0 Å². The Morgan fingerprint density at radius 3 is 2.25 bits per heavy atom. The monoisotopic (exact) mass is 238 g/mol. The molecule has 0 saturated carbocycles. The van der Waals surface area contributed by atoms with Crippen LogP contribution in [0.4, 0.5) is 0 Å². The summed E-state index contributed by atoms with van der Waals surface area (Å²) in [6.45, 7) is 0. The Morgan fingerprint density at radius 1 is 1.19 bits per heavy atom. The summed E-state index contributed by atoms with van der Waals surface area (Å²) in [6.07, 6.45) is 3.21. The molecule has 0 N–H and O–H groups in total. The van der Waals surface area contributed by atoms with E-state index in [1.807, 2.05) is 0 Å².